The van der Waals surface area contributed by atoms with Gasteiger partial charge in [0.1, 0.15) is 12.7 Å². The molecule has 3 N–H and O–H groups in total. The topological polar surface area (TPSA) is 85.8 Å². The van der Waals surface area contributed by atoms with E-state index in [2.05, 4.69) is 15.4 Å². The normalized spacial score (nSPS) is 22.5. The number of aryl methyl sites for hydroxylation is 1. The van der Waals surface area contributed by atoms with E-state index in [0.717, 1.165) is 19.3 Å². The van der Waals surface area contributed by atoms with Gasteiger partial charge in [0.2, 0.25) is 5.91 Å². The first-order valence-electron chi connectivity index (χ1n) is 6.11. The molecule has 1 heterocycles. The van der Waals surface area contributed by atoms with E-state index in [-0.39, 0.29) is 24.4 Å². The Bertz CT molecular complexity index is 356. The summed E-state index contributed by atoms with van der Waals surface area (Å²) in [5.74, 6) is 0.524. The van der Waals surface area contributed by atoms with Gasteiger partial charge in [-0.25, -0.2) is 4.98 Å². The van der Waals surface area contributed by atoms with E-state index >= 15 is 0 Å². The molecule has 7 heteroatoms. The van der Waals surface area contributed by atoms with Crippen molar-refractivity contribution in [2.75, 3.05) is 6.54 Å². The van der Waals surface area contributed by atoms with E-state index < -0.39 is 0 Å². The fourth-order valence-corrected chi connectivity index (χ4v) is 2.35. The van der Waals surface area contributed by atoms with Crippen LogP contribution in [0.3, 0.4) is 0 Å². The van der Waals surface area contributed by atoms with Crippen LogP contribution in [-0.4, -0.2) is 33.3 Å². The van der Waals surface area contributed by atoms with Crippen LogP contribution in [0.5, 0.6) is 0 Å². The summed E-state index contributed by atoms with van der Waals surface area (Å²) in [5.41, 5.74) is 5.68. The van der Waals surface area contributed by atoms with Crippen LogP contribution >= 0.6 is 12.4 Å². The van der Waals surface area contributed by atoms with Crippen molar-refractivity contribution in [2.45, 2.75) is 38.3 Å². The molecule has 102 valence electrons. The van der Waals surface area contributed by atoms with Gasteiger partial charge in [-0.1, -0.05) is 6.42 Å². The smallest absolute Gasteiger partial charge is 0.222 e. The first-order valence-corrected chi connectivity index (χ1v) is 6.11. The predicted octanol–water partition coefficient (Wildman–Crippen LogP) is 0.334. The van der Waals surface area contributed by atoms with E-state index in [1.54, 1.807) is 11.0 Å². The first-order chi connectivity index (χ1) is 8.29. The highest BCUT2D eigenvalue weighted by Crippen LogP contribution is 2.24. The van der Waals surface area contributed by atoms with Crippen LogP contribution in [0.1, 0.15) is 25.7 Å². The molecule has 1 aromatic rings. The molecule has 1 aromatic heterocycles. The van der Waals surface area contributed by atoms with Gasteiger partial charge >= 0.3 is 0 Å². The second-order valence-electron chi connectivity index (χ2n) is 4.51. The molecule has 1 amide bonds. The zero-order valence-electron chi connectivity index (χ0n) is 10.3. The Labute approximate surface area is 113 Å². The van der Waals surface area contributed by atoms with Gasteiger partial charge in [-0.15, -0.1) is 12.4 Å². The summed E-state index contributed by atoms with van der Waals surface area (Å²) in [7, 11) is 0. The summed E-state index contributed by atoms with van der Waals surface area (Å²) in [5, 5.41) is 7.02. The van der Waals surface area contributed by atoms with Gasteiger partial charge in [0.05, 0.1) is 6.54 Å². The predicted molar refractivity (Wildman–Crippen MR) is 70.2 cm³/mol. The molecule has 0 aromatic carbocycles. The Balaban J connectivity index is 0.00000162. The maximum Gasteiger partial charge on any atom is 0.222 e. The van der Waals surface area contributed by atoms with Crippen LogP contribution < -0.4 is 11.1 Å². The van der Waals surface area contributed by atoms with Crippen LogP contribution in [0.2, 0.25) is 0 Å². The highest BCUT2D eigenvalue weighted by atomic mass is 35.5. The fourth-order valence-electron chi connectivity index (χ4n) is 2.35. The molecule has 0 aliphatic heterocycles. The number of nitrogens with one attached hydrogen (secondary N) is 1. The lowest BCUT2D eigenvalue weighted by Gasteiger charge is -2.19. The lowest BCUT2D eigenvalue weighted by Crippen LogP contribution is -2.40. The maximum atomic E-state index is 11.7. The molecule has 0 radical (unpaired) electrons. The van der Waals surface area contributed by atoms with Crippen molar-refractivity contribution in [1.29, 1.82) is 0 Å². The molecule has 0 saturated heterocycles. The minimum atomic E-state index is 0. The average molecular weight is 274 g/mol. The van der Waals surface area contributed by atoms with Crippen LogP contribution in [0.4, 0.5) is 0 Å². The van der Waals surface area contributed by atoms with Crippen LogP contribution in [0, 0.1) is 5.92 Å². The molecule has 1 aliphatic rings. The van der Waals surface area contributed by atoms with Gasteiger partial charge in [0.15, 0.2) is 0 Å². The number of amides is 1. The maximum absolute atomic E-state index is 11.7. The van der Waals surface area contributed by atoms with Crippen molar-refractivity contribution in [2.24, 2.45) is 11.7 Å². The lowest BCUT2D eigenvalue weighted by molar-refractivity contribution is -0.122. The van der Waals surface area contributed by atoms with Gasteiger partial charge in [-0.3, -0.25) is 9.48 Å². The molecule has 2 unspecified atom stereocenters. The number of rotatable bonds is 5. The Morgan fingerprint density at radius 1 is 1.50 bits per heavy atom. The van der Waals surface area contributed by atoms with Crippen molar-refractivity contribution in [3.05, 3.63) is 12.7 Å². The summed E-state index contributed by atoms with van der Waals surface area (Å²) >= 11 is 0. The van der Waals surface area contributed by atoms with Crippen LogP contribution in [0.25, 0.3) is 0 Å². The second kappa shape index (κ2) is 7.33. The monoisotopic (exact) mass is 273 g/mol. The molecule has 1 saturated carbocycles. The third-order valence-electron chi connectivity index (χ3n) is 3.34. The molecule has 2 rings (SSSR count). The van der Waals surface area contributed by atoms with Gasteiger partial charge < -0.3 is 11.1 Å². The molecular weight excluding hydrogens is 254 g/mol. The number of carbonyl (C=O) groups is 1. The Kier molecular flexibility index (Phi) is 6.07. The largest absolute Gasteiger partial charge is 0.353 e. The molecule has 0 bridgehead atoms. The molecule has 1 aliphatic carbocycles. The van der Waals surface area contributed by atoms with Gasteiger partial charge in [0, 0.05) is 12.5 Å². The minimum Gasteiger partial charge on any atom is -0.353 e. The average Bonchev–Trinajstić information content (AvgIpc) is 2.97. The van der Waals surface area contributed by atoms with E-state index in [0.29, 0.717) is 25.4 Å². The lowest BCUT2D eigenvalue weighted by atomic mass is 10.0. The number of aromatic nitrogens is 3. The Morgan fingerprint density at radius 2 is 2.33 bits per heavy atom. The first kappa shape index (κ1) is 14.9. The van der Waals surface area contributed by atoms with Gasteiger partial charge in [-0.05, 0) is 25.3 Å². The van der Waals surface area contributed by atoms with Crippen LogP contribution in [0.15, 0.2) is 12.7 Å². The highest BCUT2D eigenvalue weighted by Gasteiger charge is 2.26. The quantitative estimate of drug-likeness (QED) is 0.810. The van der Waals surface area contributed by atoms with Crippen molar-refractivity contribution in [1.82, 2.24) is 20.1 Å². The number of hydrogen-bond acceptors (Lipinski definition) is 4. The number of nitrogens with two attached hydrogens (primary N) is 1. The SMILES string of the molecule is Cl.NCC1CCCC1NC(=O)CCn1cncn1. The van der Waals surface area contributed by atoms with Crippen molar-refractivity contribution in [3.8, 4) is 0 Å². The van der Waals surface area contributed by atoms with Crippen molar-refractivity contribution < 1.29 is 4.79 Å². The van der Waals surface area contributed by atoms with Crippen molar-refractivity contribution >= 4 is 18.3 Å². The molecular formula is C11H20ClN5O. The Hall–Kier alpha value is -1.14. The van der Waals surface area contributed by atoms with E-state index in [9.17, 15) is 4.79 Å². The zero-order chi connectivity index (χ0) is 12.1. The number of halogens is 1. The molecule has 18 heavy (non-hydrogen) atoms. The van der Waals surface area contributed by atoms with E-state index in [1.165, 1.54) is 6.33 Å². The summed E-state index contributed by atoms with van der Waals surface area (Å²) in [6.07, 6.45) is 6.87. The third kappa shape index (κ3) is 3.96. The highest BCUT2D eigenvalue weighted by molar-refractivity contribution is 5.85. The van der Waals surface area contributed by atoms with E-state index in [1.807, 2.05) is 0 Å². The number of hydrogen-bond donors (Lipinski definition) is 2. The summed E-state index contributed by atoms with van der Waals surface area (Å²) in [6, 6.07) is 0.267. The molecule has 6 nitrogen and oxygen atoms in total. The Morgan fingerprint density at radius 3 is 3.00 bits per heavy atom. The zero-order valence-corrected chi connectivity index (χ0v) is 11.1. The van der Waals surface area contributed by atoms with Gasteiger partial charge in [-0.2, -0.15) is 5.10 Å². The number of carbonyl (C=O) groups excluding carboxylic acids is 1. The van der Waals surface area contributed by atoms with Crippen molar-refractivity contribution in [3.63, 3.8) is 0 Å². The number of nitrogens with zero attached hydrogens (tertiary/aromatic N) is 3. The fraction of sp³-hybridized carbons (Fsp3) is 0.727. The standard InChI is InChI=1S/C11H19N5O.ClH/c12-6-9-2-1-3-10(9)15-11(17)4-5-16-8-13-7-14-16;/h7-10H,1-6,12H2,(H,15,17);1H. The third-order valence-corrected chi connectivity index (χ3v) is 3.34. The summed E-state index contributed by atoms with van der Waals surface area (Å²) < 4.78 is 1.66. The van der Waals surface area contributed by atoms with Crippen LogP contribution in [-0.2, 0) is 11.3 Å². The molecule has 0 spiro atoms. The second-order valence-corrected chi connectivity index (χ2v) is 4.51. The molecule has 1 fully saturated rings. The molecule has 2 atom stereocenters. The summed E-state index contributed by atoms with van der Waals surface area (Å²) in [4.78, 5) is 15.6. The van der Waals surface area contributed by atoms with E-state index in [4.69, 9.17) is 5.73 Å². The van der Waals surface area contributed by atoms with Gasteiger partial charge in [0.25, 0.3) is 0 Å². The minimum absolute atomic E-state index is 0. The summed E-state index contributed by atoms with van der Waals surface area (Å²) in [6.45, 7) is 1.24.